The predicted octanol–water partition coefficient (Wildman–Crippen LogP) is 3.41. The van der Waals surface area contributed by atoms with Crippen LogP contribution < -0.4 is 4.74 Å². The lowest BCUT2D eigenvalue weighted by molar-refractivity contribution is 0.460. The third kappa shape index (κ3) is 2.11. The van der Waals surface area contributed by atoms with Crippen LogP contribution >= 0.6 is 11.6 Å². The molecule has 0 saturated heterocycles. The van der Waals surface area contributed by atoms with Gasteiger partial charge in [0.05, 0.1) is 0 Å². The van der Waals surface area contributed by atoms with Crippen LogP contribution in [0.3, 0.4) is 0 Å². The molecule has 0 unspecified atom stereocenters. The Hall–Kier alpha value is -1.61. The molecule has 0 aliphatic heterocycles. The van der Waals surface area contributed by atoms with Gasteiger partial charge in [-0.2, -0.15) is 0 Å². The topological polar surface area (TPSA) is 35.0 Å². The smallest absolute Gasteiger partial charge is 0.257 e. The molecule has 1 aliphatic rings. The lowest BCUT2D eigenvalue weighted by Crippen LogP contribution is -1.91. The lowest BCUT2D eigenvalue weighted by Gasteiger charge is -2.07. The Morgan fingerprint density at radius 2 is 1.88 bits per heavy atom. The monoisotopic (exact) mass is 246 g/mol. The van der Waals surface area contributed by atoms with Crippen LogP contribution in [0.4, 0.5) is 0 Å². The highest BCUT2D eigenvalue weighted by atomic mass is 35.5. The van der Waals surface area contributed by atoms with Crippen molar-refractivity contribution in [2.75, 3.05) is 0 Å². The average molecular weight is 247 g/mol. The molecule has 2 aromatic rings. The molecule has 1 aliphatic carbocycles. The van der Waals surface area contributed by atoms with Crippen LogP contribution in [-0.4, -0.2) is 9.97 Å². The van der Waals surface area contributed by atoms with E-state index >= 15 is 0 Å². The van der Waals surface area contributed by atoms with Crippen molar-refractivity contribution in [1.29, 1.82) is 0 Å². The number of hydrogen-bond donors (Lipinski definition) is 0. The zero-order chi connectivity index (χ0) is 11.7. The van der Waals surface area contributed by atoms with Crippen LogP contribution in [0.5, 0.6) is 11.6 Å². The quantitative estimate of drug-likeness (QED) is 0.815. The van der Waals surface area contributed by atoms with E-state index in [0.29, 0.717) is 5.88 Å². The Morgan fingerprint density at radius 3 is 2.76 bits per heavy atom. The van der Waals surface area contributed by atoms with Gasteiger partial charge in [-0.05, 0) is 42.5 Å². The molecule has 0 fully saturated rings. The third-order valence-corrected chi connectivity index (χ3v) is 3.17. The maximum atomic E-state index is 5.89. The summed E-state index contributed by atoms with van der Waals surface area (Å²) in [6.07, 6.45) is 6.62. The second-order valence-electron chi connectivity index (χ2n) is 4.04. The molecule has 1 heterocycles. The van der Waals surface area contributed by atoms with Gasteiger partial charge in [0.2, 0.25) is 0 Å². The van der Waals surface area contributed by atoms with Crippen molar-refractivity contribution in [1.82, 2.24) is 9.97 Å². The number of fused-ring (bicyclic) bond motifs is 1. The number of hydrogen-bond acceptors (Lipinski definition) is 3. The lowest BCUT2D eigenvalue weighted by atomic mass is 10.1. The summed E-state index contributed by atoms with van der Waals surface area (Å²) >= 11 is 5.89. The molecular weight excluding hydrogens is 236 g/mol. The van der Waals surface area contributed by atoms with Crippen molar-refractivity contribution in [3.63, 3.8) is 0 Å². The Kier molecular flexibility index (Phi) is 2.69. The van der Waals surface area contributed by atoms with Gasteiger partial charge in [-0.1, -0.05) is 17.7 Å². The van der Waals surface area contributed by atoms with E-state index in [0.717, 1.165) is 12.2 Å². The average Bonchev–Trinajstić information content (AvgIpc) is 2.79. The second kappa shape index (κ2) is 4.34. The molecule has 1 aromatic heterocycles. The summed E-state index contributed by atoms with van der Waals surface area (Å²) in [5, 5.41) is 0.285. The van der Waals surface area contributed by atoms with Crippen molar-refractivity contribution in [2.24, 2.45) is 0 Å². The molecule has 1 aromatic carbocycles. The van der Waals surface area contributed by atoms with E-state index in [4.69, 9.17) is 16.3 Å². The van der Waals surface area contributed by atoms with Gasteiger partial charge in [0.15, 0.2) is 5.15 Å². The predicted molar refractivity (Wildman–Crippen MR) is 65.6 cm³/mol. The molecule has 4 heteroatoms. The first kappa shape index (κ1) is 10.5. The summed E-state index contributed by atoms with van der Waals surface area (Å²) in [6.45, 7) is 0. The molecule has 0 N–H and O–H groups in total. The highest BCUT2D eigenvalue weighted by Crippen LogP contribution is 2.29. The fourth-order valence-electron chi connectivity index (χ4n) is 2.10. The van der Waals surface area contributed by atoms with Crippen molar-refractivity contribution in [2.45, 2.75) is 19.3 Å². The van der Waals surface area contributed by atoms with Crippen LogP contribution in [-0.2, 0) is 12.8 Å². The van der Waals surface area contributed by atoms with Gasteiger partial charge >= 0.3 is 0 Å². The molecule has 3 nitrogen and oxygen atoms in total. The SMILES string of the molecule is Clc1nccnc1Oc1ccc2c(c1)CCC2. The minimum Gasteiger partial charge on any atom is -0.436 e. The normalized spacial score (nSPS) is 13.5. The van der Waals surface area contributed by atoms with Crippen molar-refractivity contribution in [3.05, 3.63) is 46.9 Å². The van der Waals surface area contributed by atoms with Crippen LogP contribution in [0.2, 0.25) is 5.15 Å². The van der Waals surface area contributed by atoms with E-state index in [2.05, 4.69) is 22.1 Å². The van der Waals surface area contributed by atoms with Crippen molar-refractivity contribution in [3.8, 4) is 11.6 Å². The van der Waals surface area contributed by atoms with Gasteiger partial charge in [0.25, 0.3) is 5.88 Å². The van der Waals surface area contributed by atoms with Crippen LogP contribution in [0.1, 0.15) is 17.5 Å². The first-order chi connectivity index (χ1) is 8.33. The zero-order valence-electron chi connectivity index (χ0n) is 9.19. The highest BCUT2D eigenvalue weighted by Gasteiger charge is 2.12. The van der Waals surface area contributed by atoms with Gasteiger partial charge in [-0.3, -0.25) is 0 Å². The van der Waals surface area contributed by atoms with E-state index in [1.807, 2.05) is 6.07 Å². The number of rotatable bonds is 2. The van der Waals surface area contributed by atoms with Gasteiger partial charge in [0, 0.05) is 12.4 Å². The first-order valence-corrected chi connectivity index (χ1v) is 5.97. The number of aromatic nitrogens is 2. The molecule has 0 spiro atoms. The Labute approximate surface area is 104 Å². The van der Waals surface area contributed by atoms with E-state index in [1.54, 1.807) is 6.20 Å². The minimum atomic E-state index is 0.285. The van der Waals surface area contributed by atoms with E-state index in [1.165, 1.54) is 30.2 Å². The number of aryl methyl sites for hydroxylation is 2. The van der Waals surface area contributed by atoms with Crippen LogP contribution in [0, 0.1) is 0 Å². The molecule has 0 bridgehead atoms. The molecule has 0 saturated carbocycles. The molecular formula is C13H11ClN2O. The van der Waals surface area contributed by atoms with Gasteiger partial charge < -0.3 is 4.74 Å². The zero-order valence-corrected chi connectivity index (χ0v) is 9.94. The van der Waals surface area contributed by atoms with E-state index < -0.39 is 0 Å². The van der Waals surface area contributed by atoms with Gasteiger partial charge in [-0.15, -0.1) is 0 Å². The van der Waals surface area contributed by atoms with Crippen LogP contribution in [0.15, 0.2) is 30.6 Å². The summed E-state index contributed by atoms with van der Waals surface area (Å²) in [7, 11) is 0. The summed E-state index contributed by atoms with van der Waals surface area (Å²) < 4.78 is 5.63. The maximum absolute atomic E-state index is 5.89. The standard InChI is InChI=1S/C13H11ClN2O/c14-12-13(16-7-6-15-12)17-11-5-4-9-2-1-3-10(9)8-11/h4-8H,1-3H2. The Bertz CT molecular complexity index is 557. The molecule has 0 radical (unpaired) electrons. The molecule has 3 rings (SSSR count). The van der Waals surface area contributed by atoms with Crippen molar-refractivity contribution < 1.29 is 4.74 Å². The molecule has 0 atom stereocenters. The fraction of sp³-hybridized carbons (Fsp3) is 0.231. The number of halogens is 1. The Balaban J connectivity index is 1.89. The van der Waals surface area contributed by atoms with Gasteiger partial charge in [-0.25, -0.2) is 9.97 Å². The van der Waals surface area contributed by atoms with Crippen molar-refractivity contribution >= 4 is 11.6 Å². The number of nitrogens with zero attached hydrogens (tertiary/aromatic N) is 2. The largest absolute Gasteiger partial charge is 0.436 e. The minimum absolute atomic E-state index is 0.285. The summed E-state index contributed by atoms with van der Waals surface area (Å²) in [6, 6.07) is 6.13. The third-order valence-electron chi connectivity index (χ3n) is 2.91. The maximum Gasteiger partial charge on any atom is 0.257 e. The van der Waals surface area contributed by atoms with E-state index in [-0.39, 0.29) is 5.15 Å². The number of ether oxygens (including phenoxy) is 1. The molecule has 17 heavy (non-hydrogen) atoms. The van der Waals surface area contributed by atoms with Gasteiger partial charge in [0.1, 0.15) is 5.75 Å². The number of benzene rings is 1. The molecule has 86 valence electrons. The Morgan fingerprint density at radius 1 is 1.06 bits per heavy atom. The summed E-state index contributed by atoms with van der Waals surface area (Å²) in [4.78, 5) is 7.98. The highest BCUT2D eigenvalue weighted by molar-refractivity contribution is 6.30. The fourth-order valence-corrected chi connectivity index (χ4v) is 2.24. The summed E-state index contributed by atoms with van der Waals surface area (Å²) in [5.41, 5.74) is 2.78. The van der Waals surface area contributed by atoms with Crippen LogP contribution in [0.25, 0.3) is 0 Å². The molecule has 0 amide bonds. The second-order valence-corrected chi connectivity index (χ2v) is 4.40. The first-order valence-electron chi connectivity index (χ1n) is 5.59. The summed E-state index contributed by atoms with van der Waals surface area (Å²) in [5.74, 6) is 1.13. The van der Waals surface area contributed by atoms with E-state index in [9.17, 15) is 0 Å².